The van der Waals surface area contributed by atoms with Crippen LogP contribution in [0.4, 0.5) is 37.7 Å². The third-order valence-corrected chi connectivity index (χ3v) is 3.87. The van der Waals surface area contributed by atoms with Gasteiger partial charge in [-0.05, 0) is 24.3 Å². The van der Waals surface area contributed by atoms with Gasteiger partial charge in [0.2, 0.25) is 5.75 Å². The number of carbonyl (C=O) groups is 3. The van der Waals surface area contributed by atoms with Crippen molar-refractivity contribution in [1.82, 2.24) is 0 Å². The molecule has 0 aliphatic carbocycles. The minimum Gasteiger partial charge on any atom is -0.426 e. The molecule has 0 heterocycles. The lowest BCUT2D eigenvalue weighted by Gasteiger charge is -2.16. The summed E-state index contributed by atoms with van der Waals surface area (Å²) >= 11 is 0. The van der Waals surface area contributed by atoms with Crippen molar-refractivity contribution in [1.29, 1.82) is 0 Å². The van der Waals surface area contributed by atoms with E-state index in [4.69, 9.17) is 4.74 Å². The Balaban J connectivity index is 2.71. The van der Waals surface area contributed by atoms with Crippen molar-refractivity contribution in [3.8, 4) is 11.5 Å². The van der Waals surface area contributed by atoms with E-state index in [1.54, 1.807) is 5.32 Å². The Bertz CT molecular complexity index is 1140. The predicted molar refractivity (Wildman–Crippen MR) is 100 cm³/mol. The molecule has 0 saturated carbocycles. The number of esters is 2. The molecule has 0 bridgehead atoms. The van der Waals surface area contributed by atoms with Gasteiger partial charge in [-0.1, -0.05) is 0 Å². The van der Waals surface area contributed by atoms with Crippen LogP contribution in [0.1, 0.15) is 35.3 Å². The highest BCUT2D eigenvalue weighted by atomic mass is 19.4. The minimum absolute atomic E-state index is 0.182. The number of nitrogens with one attached hydrogen (secondary N) is 1. The lowest BCUT2D eigenvalue weighted by molar-refractivity contribution is -0.385. The molecule has 2 aromatic rings. The number of amides is 1. The van der Waals surface area contributed by atoms with Crippen LogP contribution in [0.2, 0.25) is 0 Å². The molecule has 1 amide bonds. The number of alkyl halides is 6. The third kappa shape index (κ3) is 6.20. The summed E-state index contributed by atoms with van der Waals surface area (Å²) < 4.78 is 87.9. The molecule has 0 spiro atoms. The zero-order valence-corrected chi connectivity index (χ0v) is 17.0. The first-order valence-electron chi connectivity index (χ1n) is 8.79. The van der Waals surface area contributed by atoms with E-state index in [0.29, 0.717) is 6.07 Å². The summed E-state index contributed by atoms with van der Waals surface area (Å²) in [6.45, 7) is 1.67. The van der Waals surface area contributed by atoms with Gasteiger partial charge in [0, 0.05) is 25.6 Å². The molecule has 15 heteroatoms. The van der Waals surface area contributed by atoms with Crippen LogP contribution in [0, 0.1) is 10.1 Å². The van der Waals surface area contributed by atoms with Gasteiger partial charge >= 0.3 is 30.0 Å². The van der Waals surface area contributed by atoms with Gasteiger partial charge in [0.25, 0.3) is 5.91 Å². The first-order chi connectivity index (χ1) is 15.5. The van der Waals surface area contributed by atoms with E-state index in [-0.39, 0.29) is 18.2 Å². The quantitative estimate of drug-likeness (QED) is 0.209. The molecule has 0 radical (unpaired) electrons. The molecule has 34 heavy (non-hydrogen) atoms. The van der Waals surface area contributed by atoms with Gasteiger partial charge in [0.15, 0.2) is 0 Å². The molecule has 0 aromatic heterocycles. The summed E-state index contributed by atoms with van der Waals surface area (Å²) in [4.78, 5) is 45.9. The second-order valence-corrected chi connectivity index (χ2v) is 6.48. The Morgan fingerprint density at radius 2 is 1.38 bits per heavy atom. The van der Waals surface area contributed by atoms with Gasteiger partial charge in [0.05, 0.1) is 16.1 Å². The summed E-state index contributed by atoms with van der Waals surface area (Å²) in [5.41, 5.74) is -6.47. The van der Waals surface area contributed by atoms with Crippen molar-refractivity contribution < 1.29 is 55.1 Å². The van der Waals surface area contributed by atoms with Crippen LogP contribution >= 0.6 is 0 Å². The van der Waals surface area contributed by atoms with Gasteiger partial charge < -0.3 is 14.8 Å². The third-order valence-electron chi connectivity index (χ3n) is 3.87. The van der Waals surface area contributed by atoms with Gasteiger partial charge in [-0.2, -0.15) is 26.3 Å². The van der Waals surface area contributed by atoms with E-state index in [0.717, 1.165) is 19.9 Å². The molecule has 9 nitrogen and oxygen atoms in total. The lowest BCUT2D eigenvalue weighted by atomic mass is 10.1. The average Bonchev–Trinajstić information content (AvgIpc) is 2.65. The van der Waals surface area contributed by atoms with E-state index < -0.39 is 74.7 Å². The summed E-state index contributed by atoms with van der Waals surface area (Å²) in [5, 5.41) is 13.0. The zero-order chi connectivity index (χ0) is 26.0. The maximum Gasteiger partial charge on any atom is 0.416 e. The monoisotopic (exact) mass is 494 g/mol. The Morgan fingerprint density at radius 3 is 1.79 bits per heavy atom. The van der Waals surface area contributed by atoms with E-state index in [9.17, 15) is 50.8 Å². The van der Waals surface area contributed by atoms with Crippen LogP contribution in [0.25, 0.3) is 0 Å². The Morgan fingerprint density at radius 1 is 0.882 bits per heavy atom. The largest absolute Gasteiger partial charge is 0.426 e. The fourth-order valence-electron chi connectivity index (χ4n) is 2.62. The second-order valence-electron chi connectivity index (χ2n) is 6.48. The number of nitro benzene ring substituents is 1. The Labute approximate surface area is 185 Å². The SMILES string of the molecule is CC(=O)Oc1ccc([N+](=O)[O-])c(OC(C)=O)c1C(=O)Nc1cc(C(F)(F)F)cc(C(F)(F)F)c1. The number of ether oxygens (including phenoxy) is 2. The lowest BCUT2D eigenvalue weighted by Crippen LogP contribution is -2.19. The van der Waals surface area contributed by atoms with E-state index in [2.05, 4.69) is 4.74 Å². The second kappa shape index (κ2) is 9.36. The molecular formula is C19H12F6N2O7. The van der Waals surface area contributed by atoms with Crippen molar-refractivity contribution in [2.75, 3.05) is 5.32 Å². The summed E-state index contributed by atoms with van der Waals surface area (Å²) in [6.07, 6.45) is -10.4. The van der Waals surface area contributed by atoms with Crippen LogP contribution in [0.5, 0.6) is 11.5 Å². The fourth-order valence-corrected chi connectivity index (χ4v) is 2.62. The van der Waals surface area contributed by atoms with Gasteiger partial charge in [0.1, 0.15) is 11.3 Å². The average molecular weight is 494 g/mol. The highest BCUT2D eigenvalue weighted by Gasteiger charge is 2.37. The molecule has 0 aliphatic rings. The zero-order valence-electron chi connectivity index (χ0n) is 17.0. The van der Waals surface area contributed by atoms with Crippen molar-refractivity contribution in [2.24, 2.45) is 0 Å². The summed E-state index contributed by atoms with van der Waals surface area (Å²) in [5.74, 6) is -5.54. The van der Waals surface area contributed by atoms with Crippen molar-refractivity contribution in [3.05, 3.63) is 57.1 Å². The highest BCUT2D eigenvalue weighted by molar-refractivity contribution is 6.10. The summed E-state index contributed by atoms with van der Waals surface area (Å²) in [7, 11) is 0. The maximum absolute atomic E-state index is 13.1. The van der Waals surface area contributed by atoms with Gasteiger partial charge in [-0.15, -0.1) is 0 Å². The Hall–Kier alpha value is -4.17. The van der Waals surface area contributed by atoms with E-state index in [1.165, 1.54) is 0 Å². The fraction of sp³-hybridized carbons (Fsp3) is 0.211. The number of anilines is 1. The van der Waals surface area contributed by atoms with Crippen LogP contribution in [-0.2, 0) is 21.9 Å². The molecule has 0 atom stereocenters. The standard InChI is InChI=1S/C19H12F6N2O7/c1-8(28)33-14-4-3-13(27(31)32)16(34-9(2)29)15(14)17(30)26-12-6-10(18(20,21)22)5-11(7-12)19(23,24)25/h3-7H,1-2H3,(H,26,30). The smallest absolute Gasteiger partial charge is 0.416 e. The molecule has 0 unspecified atom stereocenters. The normalized spacial score (nSPS) is 11.5. The topological polar surface area (TPSA) is 125 Å². The van der Waals surface area contributed by atoms with Crippen molar-refractivity contribution >= 4 is 29.2 Å². The maximum atomic E-state index is 13.1. The van der Waals surface area contributed by atoms with E-state index >= 15 is 0 Å². The molecule has 1 N–H and O–H groups in total. The Kier molecular flexibility index (Phi) is 7.18. The van der Waals surface area contributed by atoms with Crippen molar-refractivity contribution in [2.45, 2.75) is 26.2 Å². The number of hydrogen-bond donors (Lipinski definition) is 1. The van der Waals surface area contributed by atoms with Crippen molar-refractivity contribution in [3.63, 3.8) is 0 Å². The van der Waals surface area contributed by atoms with Crippen LogP contribution in [0.3, 0.4) is 0 Å². The molecule has 182 valence electrons. The van der Waals surface area contributed by atoms with Crippen LogP contribution in [0.15, 0.2) is 30.3 Å². The minimum atomic E-state index is -5.22. The van der Waals surface area contributed by atoms with Crippen LogP contribution < -0.4 is 14.8 Å². The van der Waals surface area contributed by atoms with Crippen LogP contribution in [-0.4, -0.2) is 22.8 Å². The number of halogens is 6. The van der Waals surface area contributed by atoms with E-state index in [1.807, 2.05) is 0 Å². The summed E-state index contributed by atoms with van der Waals surface area (Å²) in [6, 6.07) is 1.65. The molecule has 2 rings (SSSR count). The van der Waals surface area contributed by atoms with Gasteiger partial charge in [-0.3, -0.25) is 24.5 Å². The molecule has 2 aromatic carbocycles. The molecule has 0 aliphatic heterocycles. The first kappa shape index (κ1) is 26.1. The number of carbonyl (C=O) groups excluding carboxylic acids is 3. The number of rotatable bonds is 5. The number of benzene rings is 2. The molecule has 0 fully saturated rings. The number of hydrogen-bond acceptors (Lipinski definition) is 7. The number of nitro groups is 1. The first-order valence-corrected chi connectivity index (χ1v) is 8.79. The molecular weight excluding hydrogens is 482 g/mol. The van der Waals surface area contributed by atoms with Gasteiger partial charge in [-0.25, -0.2) is 0 Å². The predicted octanol–water partition coefficient (Wildman–Crippen LogP) is 4.74. The highest BCUT2D eigenvalue weighted by Crippen LogP contribution is 2.40. The molecule has 0 saturated heterocycles. The number of nitrogens with zero attached hydrogens (tertiary/aromatic N) is 1.